The lowest BCUT2D eigenvalue weighted by atomic mass is 10.3. The predicted molar refractivity (Wildman–Crippen MR) is 58.7 cm³/mol. The van der Waals surface area contributed by atoms with Gasteiger partial charge in [-0.2, -0.15) is 0 Å². The predicted octanol–water partition coefficient (Wildman–Crippen LogP) is 0.590. The SMILES string of the molecule is COCC(C)Oc1ccc(/C(N)=N/O)nc1. The number of nitrogens with two attached hydrogens (primary N) is 1. The largest absolute Gasteiger partial charge is 0.487 e. The van der Waals surface area contributed by atoms with Gasteiger partial charge in [0.1, 0.15) is 17.5 Å². The lowest BCUT2D eigenvalue weighted by Gasteiger charge is -2.13. The number of ether oxygens (including phenoxy) is 2. The molecule has 0 saturated carbocycles. The van der Waals surface area contributed by atoms with Gasteiger partial charge >= 0.3 is 0 Å². The molecule has 6 heteroatoms. The van der Waals surface area contributed by atoms with Crippen LogP contribution in [0.25, 0.3) is 0 Å². The van der Waals surface area contributed by atoms with Crippen LogP contribution in [0.1, 0.15) is 12.6 Å². The maximum Gasteiger partial charge on any atom is 0.188 e. The molecule has 0 aromatic carbocycles. The molecular formula is C10H15N3O3. The Labute approximate surface area is 93.7 Å². The number of pyridine rings is 1. The van der Waals surface area contributed by atoms with E-state index in [2.05, 4.69) is 10.1 Å². The fourth-order valence-electron chi connectivity index (χ4n) is 1.15. The van der Waals surface area contributed by atoms with Crippen LogP contribution in [0.2, 0.25) is 0 Å². The summed E-state index contributed by atoms with van der Waals surface area (Å²) in [6.07, 6.45) is 1.46. The summed E-state index contributed by atoms with van der Waals surface area (Å²) >= 11 is 0. The summed E-state index contributed by atoms with van der Waals surface area (Å²) in [7, 11) is 1.61. The van der Waals surface area contributed by atoms with Crippen molar-refractivity contribution in [2.45, 2.75) is 13.0 Å². The number of amidine groups is 1. The summed E-state index contributed by atoms with van der Waals surface area (Å²) in [5, 5.41) is 11.3. The normalized spacial score (nSPS) is 13.5. The highest BCUT2D eigenvalue weighted by Crippen LogP contribution is 2.11. The van der Waals surface area contributed by atoms with E-state index in [4.69, 9.17) is 20.4 Å². The molecule has 1 rings (SSSR count). The zero-order valence-electron chi connectivity index (χ0n) is 9.25. The Balaban J connectivity index is 2.64. The first-order valence-corrected chi connectivity index (χ1v) is 4.77. The van der Waals surface area contributed by atoms with Crippen molar-refractivity contribution in [3.8, 4) is 5.75 Å². The third-order valence-electron chi connectivity index (χ3n) is 1.85. The molecule has 0 fully saturated rings. The van der Waals surface area contributed by atoms with E-state index in [1.165, 1.54) is 6.20 Å². The highest BCUT2D eigenvalue weighted by molar-refractivity contribution is 5.95. The summed E-state index contributed by atoms with van der Waals surface area (Å²) in [6.45, 7) is 2.39. The number of nitrogens with zero attached hydrogens (tertiary/aromatic N) is 2. The number of aromatic nitrogens is 1. The van der Waals surface area contributed by atoms with Gasteiger partial charge in [-0.05, 0) is 19.1 Å². The molecule has 0 saturated heterocycles. The Hall–Kier alpha value is -1.82. The molecule has 16 heavy (non-hydrogen) atoms. The fourth-order valence-corrected chi connectivity index (χ4v) is 1.15. The summed E-state index contributed by atoms with van der Waals surface area (Å²) in [4.78, 5) is 3.98. The molecule has 0 aliphatic carbocycles. The average molecular weight is 225 g/mol. The van der Waals surface area contributed by atoms with Crippen molar-refractivity contribution in [1.82, 2.24) is 4.98 Å². The highest BCUT2D eigenvalue weighted by Gasteiger charge is 2.05. The molecule has 0 radical (unpaired) electrons. The van der Waals surface area contributed by atoms with E-state index in [9.17, 15) is 0 Å². The Kier molecular flexibility index (Phi) is 4.53. The van der Waals surface area contributed by atoms with Gasteiger partial charge in [0.05, 0.1) is 12.8 Å². The number of methoxy groups -OCH3 is 1. The van der Waals surface area contributed by atoms with Gasteiger partial charge in [0, 0.05) is 7.11 Å². The van der Waals surface area contributed by atoms with Gasteiger partial charge < -0.3 is 20.4 Å². The van der Waals surface area contributed by atoms with Crippen LogP contribution in [0, 0.1) is 0 Å². The van der Waals surface area contributed by atoms with Gasteiger partial charge in [0.25, 0.3) is 0 Å². The first-order chi connectivity index (χ1) is 7.67. The Bertz CT molecular complexity index is 351. The topological polar surface area (TPSA) is 90.0 Å². The van der Waals surface area contributed by atoms with E-state index in [1.54, 1.807) is 19.2 Å². The van der Waals surface area contributed by atoms with Crippen molar-refractivity contribution in [2.75, 3.05) is 13.7 Å². The molecule has 0 spiro atoms. The molecule has 0 aliphatic heterocycles. The van der Waals surface area contributed by atoms with Crippen LogP contribution in [-0.2, 0) is 4.74 Å². The van der Waals surface area contributed by atoms with Crippen LogP contribution in [-0.4, -0.2) is 35.8 Å². The van der Waals surface area contributed by atoms with Gasteiger partial charge in [-0.15, -0.1) is 0 Å². The van der Waals surface area contributed by atoms with E-state index in [-0.39, 0.29) is 11.9 Å². The summed E-state index contributed by atoms with van der Waals surface area (Å²) < 4.78 is 10.4. The van der Waals surface area contributed by atoms with Gasteiger partial charge in [0.2, 0.25) is 0 Å². The number of oxime groups is 1. The lowest BCUT2D eigenvalue weighted by Crippen LogP contribution is -2.18. The standard InChI is InChI=1S/C10H15N3O3/c1-7(6-15-2)16-8-3-4-9(12-5-8)10(11)13-14/h3-5,7,14H,6H2,1-2H3,(H2,11,13). The van der Waals surface area contributed by atoms with Crippen LogP contribution in [0.15, 0.2) is 23.5 Å². The molecular weight excluding hydrogens is 210 g/mol. The molecule has 1 unspecified atom stereocenters. The maximum absolute atomic E-state index is 8.45. The third kappa shape index (κ3) is 3.39. The summed E-state index contributed by atoms with van der Waals surface area (Å²) in [6, 6.07) is 3.32. The minimum Gasteiger partial charge on any atom is -0.487 e. The second-order valence-electron chi connectivity index (χ2n) is 3.25. The zero-order valence-corrected chi connectivity index (χ0v) is 9.25. The first kappa shape index (κ1) is 12.3. The smallest absolute Gasteiger partial charge is 0.188 e. The number of rotatable bonds is 5. The van der Waals surface area contributed by atoms with E-state index in [0.717, 1.165) is 0 Å². The molecule has 1 atom stereocenters. The van der Waals surface area contributed by atoms with Crippen LogP contribution in [0.5, 0.6) is 5.75 Å². The van der Waals surface area contributed by atoms with Crippen molar-refractivity contribution in [3.63, 3.8) is 0 Å². The van der Waals surface area contributed by atoms with Crippen molar-refractivity contribution in [3.05, 3.63) is 24.0 Å². The van der Waals surface area contributed by atoms with E-state index in [1.807, 2.05) is 6.92 Å². The van der Waals surface area contributed by atoms with E-state index in [0.29, 0.717) is 18.1 Å². The minimum atomic E-state index is -0.0542. The van der Waals surface area contributed by atoms with Gasteiger partial charge in [-0.25, -0.2) is 4.98 Å². The molecule has 0 bridgehead atoms. The second kappa shape index (κ2) is 5.92. The van der Waals surface area contributed by atoms with Crippen LogP contribution < -0.4 is 10.5 Å². The molecule has 0 amide bonds. The monoisotopic (exact) mass is 225 g/mol. The van der Waals surface area contributed by atoms with E-state index < -0.39 is 0 Å². The quantitative estimate of drug-likeness (QED) is 0.331. The second-order valence-corrected chi connectivity index (χ2v) is 3.25. The van der Waals surface area contributed by atoms with Crippen LogP contribution >= 0.6 is 0 Å². The molecule has 1 aromatic rings. The van der Waals surface area contributed by atoms with Crippen LogP contribution in [0.4, 0.5) is 0 Å². The van der Waals surface area contributed by atoms with Crippen molar-refractivity contribution in [1.29, 1.82) is 0 Å². The highest BCUT2D eigenvalue weighted by atomic mass is 16.5. The number of hydrogen-bond acceptors (Lipinski definition) is 5. The first-order valence-electron chi connectivity index (χ1n) is 4.77. The fraction of sp³-hybridized carbons (Fsp3) is 0.400. The zero-order chi connectivity index (χ0) is 12.0. The van der Waals surface area contributed by atoms with Crippen molar-refractivity contribution < 1.29 is 14.7 Å². The lowest BCUT2D eigenvalue weighted by molar-refractivity contribution is 0.0918. The minimum absolute atomic E-state index is 0.0310. The number of hydrogen-bond donors (Lipinski definition) is 2. The molecule has 0 aliphatic rings. The van der Waals surface area contributed by atoms with E-state index >= 15 is 0 Å². The summed E-state index contributed by atoms with van der Waals surface area (Å²) in [5.41, 5.74) is 5.77. The summed E-state index contributed by atoms with van der Waals surface area (Å²) in [5.74, 6) is 0.579. The Morgan fingerprint density at radius 1 is 1.62 bits per heavy atom. The van der Waals surface area contributed by atoms with Gasteiger partial charge in [-0.1, -0.05) is 5.16 Å². The van der Waals surface area contributed by atoms with Crippen molar-refractivity contribution >= 4 is 5.84 Å². The molecule has 88 valence electrons. The third-order valence-corrected chi connectivity index (χ3v) is 1.85. The maximum atomic E-state index is 8.45. The molecule has 6 nitrogen and oxygen atoms in total. The van der Waals surface area contributed by atoms with Crippen molar-refractivity contribution in [2.24, 2.45) is 10.9 Å². The molecule has 1 aromatic heterocycles. The van der Waals surface area contributed by atoms with Crippen LogP contribution in [0.3, 0.4) is 0 Å². The van der Waals surface area contributed by atoms with Gasteiger partial charge in [0.15, 0.2) is 5.84 Å². The molecule has 1 heterocycles. The average Bonchev–Trinajstić information content (AvgIpc) is 2.29. The molecule has 3 N–H and O–H groups in total. The Morgan fingerprint density at radius 2 is 2.38 bits per heavy atom. The Morgan fingerprint density at radius 3 is 2.88 bits per heavy atom. The van der Waals surface area contributed by atoms with Gasteiger partial charge in [-0.3, -0.25) is 0 Å².